The number of allylic oxidation sites excluding steroid dienone is 4. The molecule has 156 valence electrons. The SMILES string of the molecule is CCC(C)C=CC1=CC2=CC(=O)C3(C)OC4(O)C(C)C(C)OC(=O)C4C3C2=CO1. The Morgan fingerprint density at radius 2 is 1.97 bits per heavy atom. The highest BCUT2D eigenvalue weighted by Gasteiger charge is 2.72. The largest absolute Gasteiger partial charge is 0.465 e. The Balaban J connectivity index is 1.74. The topological polar surface area (TPSA) is 82.1 Å². The Morgan fingerprint density at radius 3 is 2.66 bits per heavy atom. The zero-order chi connectivity index (χ0) is 21.1. The van der Waals surface area contributed by atoms with Crippen molar-refractivity contribution in [1.82, 2.24) is 0 Å². The fourth-order valence-electron chi connectivity index (χ4n) is 4.69. The number of ether oxygens (including phenoxy) is 3. The first-order chi connectivity index (χ1) is 13.6. The van der Waals surface area contributed by atoms with Gasteiger partial charge in [-0.3, -0.25) is 9.59 Å². The van der Waals surface area contributed by atoms with Gasteiger partial charge in [-0.1, -0.05) is 33.3 Å². The number of ketones is 1. The average molecular weight is 400 g/mol. The van der Waals surface area contributed by atoms with Gasteiger partial charge in [-0.2, -0.15) is 0 Å². The van der Waals surface area contributed by atoms with Crippen molar-refractivity contribution in [2.45, 2.75) is 58.5 Å². The van der Waals surface area contributed by atoms with Crippen molar-refractivity contribution < 1.29 is 28.9 Å². The third-order valence-corrected chi connectivity index (χ3v) is 6.96. The molecule has 3 heterocycles. The Bertz CT molecular complexity index is 880. The standard InChI is InChI=1S/C23H28O6/c1-6-12(2)7-8-16-9-15-10-18(24)22(5)19(17(15)11-27-16)20-21(25)28-14(4)13(3)23(20,26)29-22/h7-14,19-20,26H,6H2,1-5H3. The van der Waals surface area contributed by atoms with Crippen molar-refractivity contribution in [2.75, 3.05) is 0 Å². The highest BCUT2D eigenvalue weighted by molar-refractivity contribution is 6.02. The van der Waals surface area contributed by atoms with Gasteiger partial charge in [0, 0.05) is 17.4 Å². The number of rotatable bonds is 3. The van der Waals surface area contributed by atoms with Crippen LogP contribution in [0.4, 0.5) is 0 Å². The van der Waals surface area contributed by atoms with Crippen LogP contribution in [0.25, 0.3) is 0 Å². The first kappa shape index (κ1) is 20.1. The fourth-order valence-corrected chi connectivity index (χ4v) is 4.69. The van der Waals surface area contributed by atoms with Crippen LogP contribution in [0, 0.1) is 23.7 Å². The van der Waals surface area contributed by atoms with Crippen molar-refractivity contribution in [3.05, 3.63) is 47.5 Å². The first-order valence-electron chi connectivity index (χ1n) is 10.3. The van der Waals surface area contributed by atoms with Gasteiger partial charge >= 0.3 is 5.97 Å². The maximum atomic E-state index is 13.1. The van der Waals surface area contributed by atoms with E-state index in [4.69, 9.17) is 14.2 Å². The molecule has 0 aromatic heterocycles. The number of aliphatic hydroxyl groups is 1. The van der Waals surface area contributed by atoms with E-state index in [9.17, 15) is 14.7 Å². The molecule has 0 bridgehead atoms. The summed E-state index contributed by atoms with van der Waals surface area (Å²) in [4.78, 5) is 25.9. The summed E-state index contributed by atoms with van der Waals surface area (Å²) in [6, 6.07) is 0. The molecule has 1 N–H and O–H groups in total. The number of cyclic esters (lactones) is 1. The molecule has 29 heavy (non-hydrogen) atoms. The van der Waals surface area contributed by atoms with E-state index in [-0.39, 0.29) is 5.78 Å². The molecule has 0 amide bonds. The molecule has 0 saturated carbocycles. The predicted octanol–water partition coefficient (Wildman–Crippen LogP) is 3.19. The van der Waals surface area contributed by atoms with Gasteiger partial charge in [0.05, 0.1) is 6.26 Å². The Labute approximate surface area is 170 Å². The number of fused-ring (bicyclic) bond motifs is 5. The number of carbonyl (C=O) groups is 2. The fraction of sp³-hybridized carbons (Fsp3) is 0.565. The summed E-state index contributed by atoms with van der Waals surface area (Å²) in [5, 5.41) is 11.4. The third-order valence-electron chi connectivity index (χ3n) is 6.96. The van der Waals surface area contributed by atoms with Crippen LogP contribution in [-0.2, 0) is 23.8 Å². The molecule has 4 aliphatic rings. The van der Waals surface area contributed by atoms with E-state index in [0.29, 0.717) is 22.8 Å². The quantitative estimate of drug-likeness (QED) is 0.733. The molecule has 0 radical (unpaired) electrons. The Morgan fingerprint density at radius 1 is 1.24 bits per heavy atom. The molecule has 2 fully saturated rings. The molecule has 0 spiro atoms. The van der Waals surface area contributed by atoms with Gasteiger partial charge < -0.3 is 19.3 Å². The molecule has 7 atom stereocenters. The minimum Gasteiger partial charge on any atom is -0.465 e. The van der Waals surface area contributed by atoms with Gasteiger partial charge in [0.15, 0.2) is 11.6 Å². The van der Waals surface area contributed by atoms with E-state index in [2.05, 4.69) is 19.9 Å². The van der Waals surface area contributed by atoms with Crippen LogP contribution >= 0.6 is 0 Å². The lowest BCUT2D eigenvalue weighted by atomic mass is 9.65. The van der Waals surface area contributed by atoms with Crippen LogP contribution in [0.2, 0.25) is 0 Å². The zero-order valence-corrected chi connectivity index (χ0v) is 17.5. The molecule has 7 unspecified atom stereocenters. The van der Waals surface area contributed by atoms with Gasteiger partial charge in [-0.25, -0.2) is 0 Å². The molecular weight excluding hydrogens is 372 g/mol. The molecule has 0 aromatic carbocycles. The molecule has 4 rings (SSSR count). The van der Waals surface area contributed by atoms with Crippen LogP contribution in [0.3, 0.4) is 0 Å². The van der Waals surface area contributed by atoms with Crippen LogP contribution in [0.1, 0.15) is 41.0 Å². The molecule has 6 nitrogen and oxygen atoms in total. The maximum Gasteiger partial charge on any atom is 0.315 e. The average Bonchev–Trinajstić information content (AvgIpc) is 2.94. The van der Waals surface area contributed by atoms with Crippen molar-refractivity contribution in [2.24, 2.45) is 23.7 Å². The van der Waals surface area contributed by atoms with E-state index >= 15 is 0 Å². The molecule has 6 heteroatoms. The second-order valence-electron chi connectivity index (χ2n) is 8.79. The van der Waals surface area contributed by atoms with Gasteiger partial charge in [-0.15, -0.1) is 0 Å². The number of hydrogen-bond acceptors (Lipinski definition) is 6. The van der Waals surface area contributed by atoms with E-state index in [1.807, 2.05) is 6.08 Å². The maximum absolute atomic E-state index is 13.1. The summed E-state index contributed by atoms with van der Waals surface area (Å²) in [5.74, 6) is -3.70. The van der Waals surface area contributed by atoms with Crippen molar-refractivity contribution in [1.29, 1.82) is 0 Å². The monoisotopic (exact) mass is 400 g/mol. The van der Waals surface area contributed by atoms with Gasteiger partial charge in [-0.05, 0) is 43.6 Å². The van der Waals surface area contributed by atoms with Gasteiger partial charge in [0.1, 0.15) is 23.4 Å². The minimum atomic E-state index is -1.77. The molecule has 0 aromatic rings. The number of esters is 1. The number of carbonyl (C=O) groups excluding carboxylic acids is 2. The normalized spacial score (nSPS) is 42.1. The predicted molar refractivity (Wildman–Crippen MR) is 105 cm³/mol. The lowest BCUT2D eigenvalue weighted by Gasteiger charge is -2.42. The van der Waals surface area contributed by atoms with E-state index in [0.717, 1.165) is 6.42 Å². The Kier molecular flexibility index (Phi) is 4.63. The molecular formula is C23H28O6. The summed E-state index contributed by atoms with van der Waals surface area (Å²) in [6.45, 7) is 9.35. The number of hydrogen-bond donors (Lipinski definition) is 1. The molecule has 2 saturated heterocycles. The minimum absolute atomic E-state index is 0.270. The lowest BCUT2D eigenvalue weighted by Crippen LogP contribution is -2.56. The van der Waals surface area contributed by atoms with Crippen LogP contribution in [-0.4, -0.2) is 34.4 Å². The van der Waals surface area contributed by atoms with Crippen LogP contribution in [0.15, 0.2) is 47.5 Å². The summed E-state index contributed by atoms with van der Waals surface area (Å²) >= 11 is 0. The highest BCUT2D eigenvalue weighted by Crippen LogP contribution is 2.58. The van der Waals surface area contributed by atoms with E-state index in [1.54, 1.807) is 33.1 Å². The zero-order valence-electron chi connectivity index (χ0n) is 17.5. The smallest absolute Gasteiger partial charge is 0.315 e. The molecule has 3 aliphatic heterocycles. The lowest BCUT2D eigenvalue weighted by molar-refractivity contribution is -0.286. The van der Waals surface area contributed by atoms with Crippen LogP contribution < -0.4 is 0 Å². The van der Waals surface area contributed by atoms with Gasteiger partial charge in [0.2, 0.25) is 0 Å². The summed E-state index contributed by atoms with van der Waals surface area (Å²) in [7, 11) is 0. The van der Waals surface area contributed by atoms with Crippen LogP contribution in [0.5, 0.6) is 0 Å². The molecule has 1 aliphatic carbocycles. The van der Waals surface area contributed by atoms with Gasteiger partial charge in [0.25, 0.3) is 0 Å². The van der Waals surface area contributed by atoms with E-state index in [1.165, 1.54) is 6.08 Å². The Hall–Kier alpha value is -2.18. The second-order valence-corrected chi connectivity index (χ2v) is 8.79. The first-order valence-corrected chi connectivity index (χ1v) is 10.3. The highest BCUT2D eigenvalue weighted by atomic mass is 16.7. The summed E-state index contributed by atoms with van der Waals surface area (Å²) in [6.07, 6.45) is 9.33. The summed E-state index contributed by atoms with van der Waals surface area (Å²) < 4.78 is 17.3. The van der Waals surface area contributed by atoms with Crippen molar-refractivity contribution in [3.63, 3.8) is 0 Å². The van der Waals surface area contributed by atoms with Crippen molar-refractivity contribution in [3.8, 4) is 0 Å². The second kappa shape index (κ2) is 6.67. The van der Waals surface area contributed by atoms with E-state index < -0.39 is 41.2 Å². The van der Waals surface area contributed by atoms with Crippen molar-refractivity contribution >= 4 is 11.8 Å². The third kappa shape index (κ3) is 2.84. The summed E-state index contributed by atoms with van der Waals surface area (Å²) in [5.41, 5.74) is -0.000229.